The van der Waals surface area contributed by atoms with Crippen molar-refractivity contribution in [1.82, 2.24) is 0 Å². The Morgan fingerprint density at radius 2 is 2.00 bits per heavy atom. The van der Waals surface area contributed by atoms with Crippen molar-refractivity contribution in [2.24, 2.45) is 0 Å². The number of rotatable bonds is 8. The summed E-state index contributed by atoms with van der Waals surface area (Å²) in [6.07, 6.45) is 3.54. The van der Waals surface area contributed by atoms with E-state index in [0.29, 0.717) is 0 Å². The van der Waals surface area contributed by atoms with E-state index in [1.54, 1.807) is 11.3 Å². The van der Waals surface area contributed by atoms with Gasteiger partial charge < -0.3 is 9.84 Å². The summed E-state index contributed by atoms with van der Waals surface area (Å²) in [4.78, 5) is 1.05. The Balaban J connectivity index is 1.78. The summed E-state index contributed by atoms with van der Waals surface area (Å²) in [6.45, 7) is 2.94. The molecule has 0 saturated carbocycles. The van der Waals surface area contributed by atoms with Gasteiger partial charge in [-0.05, 0) is 48.4 Å². The number of hydrogen-bond donors (Lipinski definition) is 1. The molecule has 1 unspecified atom stereocenters. The molecule has 2 rings (SSSR count). The zero-order valence-corrected chi connectivity index (χ0v) is 12.7. The van der Waals surface area contributed by atoms with E-state index in [4.69, 9.17) is 4.74 Å². The van der Waals surface area contributed by atoms with Gasteiger partial charge in [0.05, 0.1) is 12.7 Å². The fourth-order valence-corrected chi connectivity index (χ4v) is 2.76. The first kappa shape index (κ1) is 15.1. The molecule has 0 fully saturated rings. The summed E-state index contributed by atoms with van der Waals surface area (Å²) in [7, 11) is 0. The highest BCUT2D eigenvalue weighted by Gasteiger charge is 2.08. The topological polar surface area (TPSA) is 29.5 Å². The minimum Gasteiger partial charge on any atom is -0.494 e. The van der Waals surface area contributed by atoms with Crippen LogP contribution in [0.1, 0.15) is 42.7 Å². The van der Waals surface area contributed by atoms with Gasteiger partial charge in [0.25, 0.3) is 0 Å². The molecule has 0 spiro atoms. The maximum absolute atomic E-state index is 10.1. The molecule has 1 N–H and O–H groups in total. The van der Waals surface area contributed by atoms with E-state index in [1.807, 2.05) is 29.6 Å². The minimum atomic E-state index is -0.351. The molecular weight excluding hydrogens is 268 g/mol. The second-order valence-electron chi connectivity index (χ2n) is 4.92. The number of aliphatic hydroxyl groups excluding tert-OH is 1. The number of hydrogen-bond acceptors (Lipinski definition) is 3. The smallest absolute Gasteiger partial charge is 0.119 e. The Hall–Kier alpha value is -1.32. The molecule has 1 atom stereocenters. The summed E-state index contributed by atoms with van der Waals surface area (Å²) in [5.41, 5.74) is 1.24. The lowest BCUT2D eigenvalue weighted by molar-refractivity contribution is 0.171. The monoisotopic (exact) mass is 290 g/mol. The highest BCUT2D eigenvalue weighted by atomic mass is 32.1. The molecule has 0 aliphatic heterocycles. The lowest BCUT2D eigenvalue weighted by Crippen LogP contribution is -1.98. The normalized spacial score (nSPS) is 12.3. The number of aryl methyl sites for hydroxylation is 1. The highest BCUT2D eigenvalue weighted by molar-refractivity contribution is 7.10. The third-order valence-electron chi connectivity index (χ3n) is 3.27. The van der Waals surface area contributed by atoms with Crippen LogP contribution in [0.3, 0.4) is 0 Å². The van der Waals surface area contributed by atoms with Gasteiger partial charge in [0.1, 0.15) is 5.75 Å². The van der Waals surface area contributed by atoms with Crippen LogP contribution < -0.4 is 4.74 Å². The number of unbranched alkanes of at least 4 members (excludes halogenated alkanes) is 1. The van der Waals surface area contributed by atoms with Crippen molar-refractivity contribution < 1.29 is 9.84 Å². The average molecular weight is 290 g/mol. The quantitative estimate of drug-likeness (QED) is 0.720. The molecule has 0 saturated heterocycles. The SMILES string of the molecule is CCCCOc1ccc(CCC(O)c2cccs2)cc1. The van der Waals surface area contributed by atoms with Gasteiger partial charge in [-0.15, -0.1) is 11.3 Å². The fraction of sp³-hybridized carbons (Fsp3) is 0.412. The first-order valence-corrected chi connectivity index (χ1v) is 8.10. The summed E-state index contributed by atoms with van der Waals surface area (Å²) in [5.74, 6) is 0.931. The molecule has 0 amide bonds. The predicted octanol–water partition coefficient (Wildman–Crippen LogP) is 4.59. The maximum atomic E-state index is 10.1. The first-order valence-electron chi connectivity index (χ1n) is 7.23. The number of benzene rings is 1. The van der Waals surface area contributed by atoms with Gasteiger partial charge in [-0.25, -0.2) is 0 Å². The lowest BCUT2D eigenvalue weighted by atomic mass is 10.1. The second kappa shape index (κ2) is 8.08. The molecule has 1 aromatic heterocycles. The Morgan fingerprint density at radius 3 is 2.65 bits per heavy atom. The van der Waals surface area contributed by atoms with Crippen LogP contribution in [0.25, 0.3) is 0 Å². The van der Waals surface area contributed by atoms with Crippen molar-refractivity contribution in [2.75, 3.05) is 6.61 Å². The molecule has 0 aliphatic rings. The van der Waals surface area contributed by atoms with Gasteiger partial charge in [-0.3, -0.25) is 0 Å². The summed E-state index contributed by atoms with van der Waals surface area (Å²) < 4.78 is 5.64. The lowest BCUT2D eigenvalue weighted by Gasteiger charge is -2.09. The second-order valence-corrected chi connectivity index (χ2v) is 5.90. The van der Waals surface area contributed by atoms with Crippen LogP contribution in [0.15, 0.2) is 41.8 Å². The van der Waals surface area contributed by atoms with Crippen LogP contribution in [0.5, 0.6) is 5.75 Å². The largest absolute Gasteiger partial charge is 0.494 e. The van der Waals surface area contributed by atoms with Gasteiger partial charge >= 0.3 is 0 Å². The zero-order valence-electron chi connectivity index (χ0n) is 11.9. The van der Waals surface area contributed by atoms with Gasteiger partial charge in [-0.2, -0.15) is 0 Å². The molecule has 0 radical (unpaired) electrons. The van der Waals surface area contributed by atoms with Crippen molar-refractivity contribution >= 4 is 11.3 Å². The molecule has 108 valence electrons. The number of aliphatic hydroxyl groups is 1. The molecule has 0 bridgehead atoms. The van der Waals surface area contributed by atoms with Crippen LogP contribution in [0.4, 0.5) is 0 Å². The van der Waals surface area contributed by atoms with Crippen LogP contribution >= 0.6 is 11.3 Å². The summed E-state index contributed by atoms with van der Waals surface area (Å²) in [6, 6.07) is 12.2. The van der Waals surface area contributed by atoms with Crippen LogP contribution in [-0.4, -0.2) is 11.7 Å². The van der Waals surface area contributed by atoms with E-state index >= 15 is 0 Å². The van der Waals surface area contributed by atoms with Gasteiger partial charge in [-0.1, -0.05) is 31.5 Å². The van der Waals surface area contributed by atoms with Crippen molar-refractivity contribution in [2.45, 2.75) is 38.7 Å². The van der Waals surface area contributed by atoms with Crippen molar-refractivity contribution in [1.29, 1.82) is 0 Å². The molecule has 2 nitrogen and oxygen atoms in total. The van der Waals surface area contributed by atoms with Crippen molar-refractivity contribution in [3.05, 3.63) is 52.2 Å². The Labute approximate surface area is 125 Å². The van der Waals surface area contributed by atoms with E-state index in [-0.39, 0.29) is 6.10 Å². The van der Waals surface area contributed by atoms with Gasteiger partial charge in [0, 0.05) is 4.88 Å². The average Bonchev–Trinajstić information content (AvgIpc) is 3.01. The number of ether oxygens (including phenoxy) is 1. The van der Waals surface area contributed by atoms with Crippen molar-refractivity contribution in [3.63, 3.8) is 0 Å². The Kier molecular flexibility index (Phi) is 6.09. The van der Waals surface area contributed by atoms with E-state index in [2.05, 4.69) is 19.1 Å². The molecule has 3 heteroatoms. The number of thiophene rings is 1. The fourth-order valence-electron chi connectivity index (χ4n) is 2.01. The van der Waals surface area contributed by atoms with E-state index in [1.165, 1.54) is 5.56 Å². The summed E-state index contributed by atoms with van der Waals surface area (Å²) in [5, 5.41) is 12.1. The maximum Gasteiger partial charge on any atom is 0.119 e. The molecule has 20 heavy (non-hydrogen) atoms. The third-order valence-corrected chi connectivity index (χ3v) is 4.24. The van der Waals surface area contributed by atoms with Crippen LogP contribution in [0, 0.1) is 0 Å². The summed E-state index contributed by atoms with van der Waals surface area (Å²) >= 11 is 1.61. The minimum absolute atomic E-state index is 0.351. The van der Waals surface area contributed by atoms with Gasteiger partial charge in [0.2, 0.25) is 0 Å². The van der Waals surface area contributed by atoms with Crippen LogP contribution in [-0.2, 0) is 6.42 Å². The van der Waals surface area contributed by atoms with E-state index in [0.717, 1.165) is 42.9 Å². The third kappa shape index (κ3) is 4.66. The highest BCUT2D eigenvalue weighted by Crippen LogP contribution is 2.23. The van der Waals surface area contributed by atoms with E-state index in [9.17, 15) is 5.11 Å². The standard InChI is InChI=1S/C17H22O2S/c1-2-3-12-19-15-9-6-14(7-10-15)8-11-16(18)17-5-4-13-20-17/h4-7,9-10,13,16,18H,2-3,8,11-12H2,1H3. The molecule has 1 heterocycles. The predicted molar refractivity (Wildman–Crippen MR) is 84.4 cm³/mol. The molecule has 0 aliphatic carbocycles. The zero-order chi connectivity index (χ0) is 14.2. The van der Waals surface area contributed by atoms with Gasteiger partial charge in [0.15, 0.2) is 0 Å². The van der Waals surface area contributed by atoms with E-state index < -0.39 is 0 Å². The molecular formula is C17H22O2S. The first-order chi connectivity index (χ1) is 9.79. The van der Waals surface area contributed by atoms with Crippen LogP contribution in [0.2, 0.25) is 0 Å². The molecule has 2 aromatic rings. The molecule has 1 aromatic carbocycles. The Morgan fingerprint density at radius 1 is 1.20 bits per heavy atom. The Bertz CT molecular complexity index is 476. The van der Waals surface area contributed by atoms with Crippen molar-refractivity contribution in [3.8, 4) is 5.75 Å².